The van der Waals surface area contributed by atoms with Gasteiger partial charge in [-0.1, -0.05) is 175 Å². The molecule has 1 radical (unpaired) electrons. The number of carbonyl (C=O) groups excluding carboxylic acids is 3. The van der Waals surface area contributed by atoms with Crippen molar-refractivity contribution in [1.29, 1.82) is 0 Å². The molecule has 6 nitrogen and oxygen atoms in total. The Balaban J connectivity index is -0.000000262. The average molecular weight is 748 g/mol. The summed E-state index contributed by atoms with van der Waals surface area (Å²) in [7, 11) is 0. The summed E-state index contributed by atoms with van der Waals surface area (Å²) in [5.41, 5.74) is 0. The van der Waals surface area contributed by atoms with E-state index in [1.165, 1.54) is 135 Å². The van der Waals surface area contributed by atoms with Gasteiger partial charge in [-0.25, -0.2) is 0 Å². The first-order chi connectivity index (χ1) is 20.3. The second-order valence-corrected chi connectivity index (χ2v) is 11.9. The third kappa shape index (κ3) is 61.5. The number of unbranched alkanes of at least 4 members (excludes halogenated alkanes) is 24. The van der Waals surface area contributed by atoms with Crippen molar-refractivity contribution in [2.45, 2.75) is 213 Å². The summed E-state index contributed by atoms with van der Waals surface area (Å²) in [4.78, 5) is 30.3. The van der Waals surface area contributed by atoms with Crippen LogP contribution in [0, 0.1) is 40.4 Å². The second-order valence-electron chi connectivity index (χ2n) is 11.9. The molecule has 0 saturated carbocycles. The minimum atomic E-state index is -0.909. The van der Waals surface area contributed by atoms with Crippen molar-refractivity contribution < 1.29 is 70.1 Å². The summed E-state index contributed by atoms with van der Waals surface area (Å²) in [6.07, 6.45) is 33.5. The predicted molar refractivity (Wildman–Crippen MR) is 171 cm³/mol. The molecule has 0 aliphatic heterocycles. The van der Waals surface area contributed by atoms with Gasteiger partial charge in [0, 0.05) is 17.9 Å². The van der Waals surface area contributed by atoms with Gasteiger partial charge in [0.15, 0.2) is 0 Å². The van der Waals surface area contributed by atoms with Crippen LogP contribution in [0.1, 0.15) is 213 Å². The number of carboxylic acids is 3. The first kappa shape index (κ1) is 49.6. The van der Waals surface area contributed by atoms with E-state index in [9.17, 15) is 29.7 Å². The van der Waals surface area contributed by atoms with Crippen LogP contribution < -0.4 is 15.3 Å². The van der Waals surface area contributed by atoms with Crippen LogP contribution in [0.3, 0.4) is 0 Å². The monoisotopic (exact) mass is 749 g/mol. The first-order valence-electron chi connectivity index (χ1n) is 17.9. The Hall–Kier alpha value is -0.252. The van der Waals surface area contributed by atoms with Gasteiger partial charge in [0.05, 0.1) is 0 Å². The van der Waals surface area contributed by atoms with Crippen molar-refractivity contribution in [3.63, 3.8) is 0 Å². The molecule has 0 bridgehead atoms. The quantitative estimate of drug-likeness (QED) is 0.0688. The first-order valence-corrected chi connectivity index (χ1v) is 17.9. The van der Waals surface area contributed by atoms with Crippen molar-refractivity contribution in [1.82, 2.24) is 0 Å². The number of hydrogen-bond acceptors (Lipinski definition) is 6. The number of carbonyl (C=O) groups is 3. The van der Waals surface area contributed by atoms with Crippen LogP contribution in [0.25, 0.3) is 0 Å². The third-order valence-corrected chi connectivity index (χ3v) is 7.45. The number of hydrogen-bond donors (Lipinski definition) is 0. The number of carboxylic acid groups (broad SMARTS) is 3. The van der Waals surface area contributed by atoms with Crippen molar-refractivity contribution in [2.24, 2.45) is 0 Å². The molecule has 0 heterocycles. The molecular formula is C36H69O6Sm. The Morgan fingerprint density at radius 1 is 0.302 bits per heavy atom. The van der Waals surface area contributed by atoms with Gasteiger partial charge in [-0.15, -0.1) is 0 Å². The molecule has 0 atom stereocenters. The molecule has 0 aromatic carbocycles. The molecule has 43 heavy (non-hydrogen) atoms. The molecule has 0 amide bonds. The molecule has 0 aliphatic rings. The van der Waals surface area contributed by atoms with E-state index in [0.717, 1.165) is 38.5 Å². The minimum absolute atomic E-state index is 0. The molecule has 7 heteroatoms. The maximum Gasteiger partial charge on any atom is 3.00 e. The maximum absolute atomic E-state index is 10.1. The fourth-order valence-corrected chi connectivity index (χ4v) is 4.74. The van der Waals surface area contributed by atoms with E-state index in [4.69, 9.17) is 0 Å². The van der Waals surface area contributed by atoms with E-state index < -0.39 is 17.9 Å². The summed E-state index contributed by atoms with van der Waals surface area (Å²) in [5.74, 6) is -2.73. The Morgan fingerprint density at radius 3 is 0.581 bits per heavy atom. The standard InChI is InChI=1S/3C12H24O2.Sm/c3*1-2-3-4-5-6-7-8-9-10-11-12(13)14;/h3*2-11H2,1H3,(H,13,14);/q;;;+3/p-3. The zero-order valence-electron chi connectivity index (χ0n) is 28.6. The van der Waals surface area contributed by atoms with Gasteiger partial charge >= 0.3 is 40.4 Å². The van der Waals surface area contributed by atoms with Crippen LogP contribution in [-0.2, 0) is 14.4 Å². The molecule has 0 aromatic heterocycles. The molecule has 0 saturated heterocycles. The summed E-state index contributed by atoms with van der Waals surface area (Å²) < 4.78 is 0. The SMILES string of the molecule is CCCCCCCCCCCC(=O)[O-].CCCCCCCCCCCC(=O)[O-].CCCCCCCCCCCC(=O)[O-].[Sm+3]. The predicted octanol–water partition coefficient (Wildman–Crippen LogP) is 7.97. The van der Waals surface area contributed by atoms with Gasteiger partial charge in [-0.3, -0.25) is 0 Å². The van der Waals surface area contributed by atoms with E-state index in [-0.39, 0.29) is 59.7 Å². The Kier molecular flexibility index (Phi) is 53.3. The van der Waals surface area contributed by atoms with Crippen molar-refractivity contribution >= 4 is 17.9 Å². The topological polar surface area (TPSA) is 120 Å². The largest absolute Gasteiger partial charge is 3.00 e. The van der Waals surface area contributed by atoms with Crippen LogP contribution in [0.15, 0.2) is 0 Å². The minimum Gasteiger partial charge on any atom is -0.550 e. The van der Waals surface area contributed by atoms with Crippen molar-refractivity contribution in [3.05, 3.63) is 0 Å². The van der Waals surface area contributed by atoms with Crippen LogP contribution in [0.5, 0.6) is 0 Å². The van der Waals surface area contributed by atoms with E-state index in [2.05, 4.69) is 20.8 Å². The Labute approximate surface area is 299 Å². The van der Waals surface area contributed by atoms with E-state index in [1.807, 2.05) is 0 Å². The van der Waals surface area contributed by atoms with Gasteiger partial charge in [0.2, 0.25) is 0 Å². The normalized spacial score (nSPS) is 10.1. The smallest absolute Gasteiger partial charge is 0.550 e. The number of aliphatic carboxylic acids is 3. The molecule has 0 N–H and O–H groups in total. The summed E-state index contributed by atoms with van der Waals surface area (Å²) in [5, 5.41) is 30.3. The fraction of sp³-hybridized carbons (Fsp3) is 0.917. The van der Waals surface area contributed by atoms with E-state index >= 15 is 0 Å². The Bertz CT molecular complexity index is 480. The van der Waals surface area contributed by atoms with Crippen molar-refractivity contribution in [2.75, 3.05) is 0 Å². The van der Waals surface area contributed by atoms with E-state index in [0.29, 0.717) is 0 Å². The molecule has 0 unspecified atom stereocenters. The molecule has 0 spiro atoms. The summed E-state index contributed by atoms with van der Waals surface area (Å²) >= 11 is 0. The number of rotatable bonds is 30. The van der Waals surface area contributed by atoms with E-state index in [1.54, 1.807) is 0 Å². The summed E-state index contributed by atoms with van der Waals surface area (Å²) in [6, 6.07) is 0. The van der Waals surface area contributed by atoms with Crippen molar-refractivity contribution in [3.8, 4) is 0 Å². The maximum atomic E-state index is 10.1. The van der Waals surface area contributed by atoms with Gasteiger partial charge in [0.25, 0.3) is 0 Å². The molecule has 255 valence electrons. The average Bonchev–Trinajstić information content (AvgIpc) is 2.95. The van der Waals surface area contributed by atoms with Crippen LogP contribution >= 0.6 is 0 Å². The zero-order chi connectivity index (χ0) is 31.9. The van der Waals surface area contributed by atoms with Gasteiger partial charge in [0.1, 0.15) is 0 Å². The molecule has 0 aliphatic carbocycles. The van der Waals surface area contributed by atoms with Crippen LogP contribution in [0.2, 0.25) is 0 Å². The van der Waals surface area contributed by atoms with Gasteiger partial charge in [-0.2, -0.15) is 0 Å². The molecule has 0 rings (SSSR count). The van der Waals surface area contributed by atoms with Crippen LogP contribution in [0.4, 0.5) is 0 Å². The fourth-order valence-electron chi connectivity index (χ4n) is 4.74. The van der Waals surface area contributed by atoms with Gasteiger partial charge < -0.3 is 29.7 Å². The molecule has 0 aromatic rings. The van der Waals surface area contributed by atoms with Gasteiger partial charge in [-0.05, 0) is 38.5 Å². The molecular weight excluding hydrogens is 679 g/mol. The summed E-state index contributed by atoms with van der Waals surface area (Å²) in [6.45, 7) is 6.67. The second kappa shape index (κ2) is 46.2. The molecule has 0 fully saturated rings. The third-order valence-electron chi connectivity index (χ3n) is 7.45. The zero-order valence-corrected chi connectivity index (χ0v) is 31.2. The van der Waals surface area contributed by atoms with Crippen LogP contribution in [-0.4, -0.2) is 17.9 Å². The Morgan fingerprint density at radius 2 is 0.442 bits per heavy atom.